The predicted octanol–water partition coefficient (Wildman–Crippen LogP) is 1.86. The first-order valence-electron chi connectivity index (χ1n) is 8.27. The van der Waals surface area contributed by atoms with Crippen molar-refractivity contribution >= 4 is 11.8 Å². The van der Waals surface area contributed by atoms with Crippen LogP contribution in [0.1, 0.15) is 42.1 Å². The molecule has 0 heterocycles. The van der Waals surface area contributed by atoms with Gasteiger partial charge in [-0.2, -0.15) is 0 Å². The van der Waals surface area contributed by atoms with Crippen molar-refractivity contribution in [2.24, 2.45) is 11.7 Å². The molecule has 0 spiro atoms. The largest absolute Gasteiger partial charge is 0.345 e. The molecule has 1 aliphatic carbocycles. The molecule has 0 aliphatic heterocycles. The highest BCUT2D eigenvalue weighted by atomic mass is 16.2. The van der Waals surface area contributed by atoms with Gasteiger partial charge in [0.15, 0.2) is 0 Å². The molecule has 1 saturated carbocycles. The third kappa shape index (κ3) is 4.32. The Morgan fingerprint density at radius 1 is 1.17 bits per heavy atom. The van der Waals surface area contributed by atoms with Crippen molar-refractivity contribution in [1.82, 2.24) is 9.80 Å². The first-order chi connectivity index (χ1) is 10.9. The number of nitrogens with zero attached hydrogens (tertiary/aromatic N) is 2. The third-order valence-electron chi connectivity index (χ3n) is 4.50. The fraction of sp³-hybridized carbons (Fsp3) is 0.556. The first-order valence-corrected chi connectivity index (χ1v) is 8.27. The van der Waals surface area contributed by atoms with Crippen molar-refractivity contribution in [3.8, 4) is 0 Å². The highest BCUT2D eigenvalue weighted by Crippen LogP contribution is 2.26. The minimum atomic E-state index is -0.0140. The molecule has 0 aromatic heterocycles. The van der Waals surface area contributed by atoms with Crippen molar-refractivity contribution in [2.45, 2.75) is 38.8 Å². The van der Waals surface area contributed by atoms with Gasteiger partial charge in [-0.1, -0.05) is 12.1 Å². The van der Waals surface area contributed by atoms with Gasteiger partial charge in [-0.05, 0) is 43.9 Å². The molecule has 2 amide bonds. The maximum absolute atomic E-state index is 12.6. The Kier molecular flexibility index (Phi) is 5.77. The average molecular weight is 317 g/mol. The SMILES string of the molecule is CCN(Cc1ccc(C(=O)N(C)C)cc1)C(=O)C1CCC(N)C1. The summed E-state index contributed by atoms with van der Waals surface area (Å²) in [4.78, 5) is 27.9. The summed E-state index contributed by atoms with van der Waals surface area (Å²) in [5.41, 5.74) is 7.62. The normalized spacial score (nSPS) is 20.3. The zero-order valence-electron chi connectivity index (χ0n) is 14.3. The summed E-state index contributed by atoms with van der Waals surface area (Å²) in [6, 6.07) is 7.65. The smallest absolute Gasteiger partial charge is 0.253 e. The van der Waals surface area contributed by atoms with Crippen molar-refractivity contribution in [2.75, 3.05) is 20.6 Å². The van der Waals surface area contributed by atoms with Crippen molar-refractivity contribution < 1.29 is 9.59 Å². The van der Waals surface area contributed by atoms with Gasteiger partial charge in [0.1, 0.15) is 0 Å². The third-order valence-corrected chi connectivity index (χ3v) is 4.50. The molecule has 1 aliphatic rings. The maximum Gasteiger partial charge on any atom is 0.253 e. The lowest BCUT2D eigenvalue weighted by molar-refractivity contribution is -0.135. The fourth-order valence-corrected chi connectivity index (χ4v) is 3.08. The molecule has 0 radical (unpaired) electrons. The van der Waals surface area contributed by atoms with Crippen LogP contribution in [-0.4, -0.2) is 48.3 Å². The van der Waals surface area contributed by atoms with Gasteiger partial charge >= 0.3 is 0 Å². The predicted molar refractivity (Wildman–Crippen MR) is 90.9 cm³/mol. The number of amides is 2. The minimum absolute atomic E-state index is 0.0140. The van der Waals surface area contributed by atoms with E-state index in [1.807, 2.05) is 36.1 Å². The maximum atomic E-state index is 12.6. The van der Waals surface area contributed by atoms with E-state index in [0.717, 1.165) is 24.8 Å². The lowest BCUT2D eigenvalue weighted by atomic mass is 10.1. The molecule has 2 rings (SSSR count). The van der Waals surface area contributed by atoms with Crippen LogP contribution >= 0.6 is 0 Å². The molecule has 23 heavy (non-hydrogen) atoms. The summed E-state index contributed by atoms with van der Waals surface area (Å²) < 4.78 is 0. The zero-order valence-corrected chi connectivity index (χ0v) is 14.3. The van der Waals surface area contributed by atoms with Crippen LogP contribution in [0.4, 0.5) is 0 Å². The number of rotatable bonds is 5. The Bertz CT molecular complexity index is 554. The van der Waals surface area contributed by atoms with E-state index in [1.165, 1.54) is 0 Å². The summed E-state index contributed by atoms with van der Waals surface area (Å²) in [5, 5.41) is 0. The minimum Gasteiger partial charge on any atom is -0.345 e. The summed E-state index contributed by atoms with van der Waals surface area (Å²) in [5.74, 6) is 0.258. The molecule has 2 N–H and O–H groups in total. The van der Waals surface area contributed by atoms with Gasteiger partial charge in [0.05, 0.1) is 0 Å². The molecular formula is C18H27N3O2. The van der Waals surface area contributed by atoms with Crippen LogP contribution in [0.5, 0.6) is 0 Å². The highest BCUT2D eigenvalue weighted by molar-refractivity contribution is 5.93. The number of carbonyl (C=O) groups excluding carboxylic acids is 2. The molecule has 5 heteroatoms. The van der Waals surface area contributed by atoms with Gasteiger partial charge in [0.2, 0.25) is 5.91 Å². The highest BCUT2D eigenvalue weighted by Gasteiger charge is 2.30. The standard InChI is InChI=1S/C18H27N3O2/c1-4-21(18(23)15-9-10-16(19)11-15)12-13-5-7-14(8-6-13)17(22)20(2)3/h5-8,15-16H,4,9-12,19H2,1-3H3. The Hall–Kier alpha value is -1.88. The monoisotopic (exact) mass is 317 g/mol. The van der Waals surface area contributed by atoms with Crippen molar-refractivity contribution in [1.29, 1.82) is 0 Å². The lowest BCUT2D eigenvalue weighted by Crippen LogP contribution is -2.35. The molecule has 1 fully saturated rings. The number of nitrogens with two attached hydrogens (primary N) is 1. The lowest BCUT2D eigenvalue weighted by Gasteiger charge is -2.24. The van der Waals surface area contributed by atoms with Crippen LogP contribution in [0.15, 0.2) is 24.3 Å². The van der Waals surface area contributed by atoms with E-state index in [-0.39, 0.29) is 23.8 Å². The quantitative estimate of drug-likeness (QED) is 0.901. The number of hydrogen-bond donors (Lipinski definition) is 1. The van der Waals surface area contributed by atoms with Gasteiger partial charge in [-0.15, -0.1) is 0 Å². The van der Waals surface area contributed by atoms with Crippen LogP contribution in [-0.2, 0) is 11.3 Å². The van der Waals surface area contributed by atoms with Crippen LogP contribution < -0.4 is 5.73 Å². The summed E-state index contributed by atoms with van der Waals surface area (Å²) in [6.07, 6.45) is 2.63. The Morgan fingerprint density at radius 2 is 1.83 bits per heavy atom. The van der Waals surface area contributed by atoms with E-state index < -0.39 is 0 Å². The van der Waals surface area contributed by atoms with Crippen LogP contribution in [0.3, 0.4) is 0 Å². The topological polar surface area (TPSA) is 66.6 Å². The van der Waals surface area contributed by atoms with E-state index in [2.05, 4.69) is 0 Å². The Balaban J connectivity index is 2.01. The van der Waals surface area contributed by atoms with E-state index in [4.69, 9.17) is 5.73 Å². The van der Waals surface area contributed by atoms with E-state index in [9.17, 15) is 9.59 Å². The van der Waals surface area contributed by atoms with Crippen LogP contribution in [0.25, 0.3) is 0 Å². The second-order valence-corrected chi connectivity index (χ2v) is 6.52. The van der Waals surface area contributed by atoms with Crippen LogP contribution in [0.2, 0.25) is 0 Å². The van der Waals surface area contributed by atoms with E-state index in [0.29, 0.717) is 18.7 Å². The fourth-order valence-electron chi connectivity index (χ4n) is 3.08. The Labute approximate surface area is 138 Å². The van der Waals surface area contributed by atoms with E-state index >= 15 is 0 Å². The molecule has 0 saturated heterocycles. The summed E-state index contributed by atoms with van der Waals surface area (Å²) in [7, 11) is 3.47. The Morgan fingerprint density at radius 3 is 2.30 bits per heavy atom. The molecule has 5 nitrogen and oxygen atoms in total. The molecule has 1 aromatic rings. The summed E-state index contributed by atoms with van der Waals surface area (Å²) in [6.45, 7) is 3.26. The molecule has 2 atom stereocenters. The van der Waals surface area contributed by atoms with Gasteiger partial charge < -0.3 is 15.5 Å². The summed E-state index contributed by atoms with van der Waals surface area (Å²) >= 11 is 0. The number of benzene rings is 1. The first kappa shape index (κ1) is 17.5. The van der Waals surface area contributed by atoms with Gasteiger partial charge in [-0.3, -0.25) is 9.59 Å². The van der Waals surface area contributed by atoms with Crippen molar-refractivity contribution in [3.63, 3.8) is 0 Å². The molecule has 1 aromatic carbocycles. The molecular weight excluding hydrogens is 290 g/mol. The van der Waals surface area contributed by atoms with Crippen molar-refractivity contribution in [3.05, 3.63) is 35.4 Å². The number of hydrogen-bond acceptors (Lipinski definition) is 3. The van der Waals surface area contributed by atoms with Gasteiger partial charge in [0, 0.05) is 44.7 Å². The number of carbonyl (C=O) groups is 2. The average Bonchev–Trinajstić information content (AvgIpc) is 2.98. The zero-order chi connectivity index (χ0) is 17.0. The van der Waals surface area contributed by atoms with E-state index in [1.54, 1.807) is 19.0 Å². The second kappa shape index (κ2) is 7.59. The van der Waals surface area contributed by atoms with Crippen LogP contribution in [0, 0.1) is 5.92 Å². The molecule has 126 valence electrons. The molecule has 2 unspecified atom stereocenters. The van der Waals surface area contributed by atoms with Gasteiger partial charge in [0.25, 0.3) is 5.91 Å². The molecule has 0 bridgehead atoms. The second-order valence-electron chi connectivity index (χ2n) is 6.52. The van der Waals surface area contributed by atoms with Gasteiger partial charge in [-0.25, -0.2) is 0 Å².